The lowest BCUT2D eigenvalue weighted by Crippen LogP contribution is -2.36. The smallest absolute Gasteiger partial charge is 0.310 e. The molecule has 0 spiro atoms. The highest BCUT2D eigenvalue weighted by Crippen LogP contribution is 2.29. The minimum atomic E-state index is -0.460. The molecule has 3 atom stereocenters. The number of anilines is 1. The van der Waals surface area contributed by atoms with Gasteiger partial charge < -0.3 is 14.8 Å². The van der Waals surface area contributed by atoms with Crippen LogP contribution < -0.4 is 5.32 Å². The molecule has 3 rings (SSSR count). The molecule has 0 saturated carbocycles. The molecule has 134 valence electrons. The summed E-state index contributed by atoms with van der Waals surface area (Å²) in [5.41, 5.74) is 0.662. The van der Waals surface area contributed by atoms with Gasteiger partial charge >= 0.3 is 5.97 Å². The van der Waals surface area contributed by atoms with Gasteiger partial charge in [-0.1, -0.05) is 23.8 Å². The minimum Gasteiger partial charge on any atom is -0.463 e. The van der Waals surface area contributed by atoms with Crippen LogP contribution >= 0.6 is 11.6 Å². The van der Waals surface area contributed by atoms with Gasteiger partial charge in [-0.3, -0.25) is 9.59 Å². The summed E-state index contributed by atoms with van der Waals surface area (Å²) in [4.78, 5) is 25.1. The van der Waals surface area contributed by atoms with Gasteiger partial charge in [0.15, 0.2) is 0 Å². The SMILES string of the molecule is O=C(Nc1ccc(Cl)cc1)[C@H]1CC=CC[C@H]1C(=O)OC[C@@H]1CCCO1. The summed E-state index contributed by atoms with van der Waals surface area (Å²) in [6.45, 7) is 0.991. The zero-order valence-electron chi connectivity index (χ0n) is 13.9. The van der Waals surface area contributed by atoms with Crippen molar-refractivity contribution in [2.24, 2.45) is 11.8 Å². The average molecular weight is 364 g/mol. The van der Waals surface area contributed by atoms with Crippen LogP contribution in [-0.2, 0) is 19.1 Å². The number of halogens is 1. The van der Waals surface area contributed by atoms with Crippen LogP contribution in [0.15, 0.2) is 36.4 Å². The molecule has 1 aliphatic carbocycles. The molecular weight excluding hydrogens is 342 g/mol. The van der Waals surface area contributed by atoms with Crippen molar-refractivity contribution >= 4 is 29.2 Å². The monoisotopic (exact) mass is 363 g/mol. The highest BCUT2D eigenvalue weighted by Gasteiger charge is 2.35. The molecule has 0 unspecified atom stereocenters. The topological polar surface area (TPSA) is 64.6 Å². The molecule has 1 aromatic rings. The van der Waals surface area contributed by atoms with E-state index in [2.05, 4.69) is 5.32 Å². The number of hydrogen-bond donors (Lipinski definition) is 1. The van der Waals surface area contributed by atoms with Crippen molar-refractivity contribution in [1.82, 2.24) is 0 Å². The Morgan fingerprint density at radius 1 is 1.16 bits per heavy atom. The summed E-state index contributed by atoms with van der Waals surface area (Å²) in [5, 5.41) is 3.46. The second-order valence-corrected chi connectivity index (χ2v) is 6.85. The third-order valence-electron chi connectivity index (χ3n) is 4.62. The van der Waals surface area contributed by atoms with E-state index in [0.29, 0.717) is 23.6 Å². The first-order valence-corrected chi connectivity index (χ1v) is 9.01. The Morgan fingerprint density at radius 3 is 2.56 bits per heavy atom. The summed E-state index contributed by atoms with van der Waals surface area (Å²) in [7, 11) is 0. The second kappa shape index (κ2) is 8.50. The van der Waals surface area contributed by atoms with Crippen LogP contribution in [0, 0.1) is 11.8 Å². The molecular formula is C19H22ClNO4. The first-order chi connectivity index (χ1) is 12.1. The maximum Gasteiger partial charge on any atom is 0.310 e. The maximum absolute atomic E-state index is 12.6. The Hall–Kier alpha value is -1.85. The van der Waals surface area contributed by atoms with E-state index in [1.54, 1.807) is 24.3 Å². The van der Waals surface area contributed by atoms with Crippen molar-refractivity contribution in [3.05, 3.63) is 41.4 Å². The normalized spacial score (nSPS) is 25.6. The van der Waals surface area contributed by atoms with Crippen LogP contribution in [0.4, 0.5) is 5.69 Å². The number of benzene rings is 1. The van der Waals surface area contributed by atoms with Gasteiger partial charge in [-0.15, -0.1) is 0 Å². The van der Waals surface area contributed by atoms with Gasteiger partial charge in [0, 0.05) is 17.3 Å². The molecule has 2 aliphatic rings. The molecule has 25 heavy (non-hydrogen) atoms. The van der Waals surface area contributed by atoms with Crippen molar-refractivity contribution in [2.75, 3.05) is 18.5 Å². The van der Waals surface area contributed by atoms with Crippen LogP contribution in [0.1, 0.15) is 25.7 Å². The molecule has 1 amide bonds. The van der Waals surface area contributed by atoms with Crippen LogP contribution in [0.2, 0.25) is 5.02 Å². The van der Waals surface area contributed by atoms with Gasteiger partial charge in [0.2, 0.25) is 5.91 Å². The number of esters is 1. The molecule has 1 saturated heterocycles. The lowest BCUT2D eigenvalue weighted by molar-refractivity contribution is -0.155. The van der Waals surface area contributed by atoms with Crippen LogP contribution in [0.3, 0.4) is 0 Å². The van der Waals surface area contributed by atoms with E-state index in [9.17, 15) is 9.59 Å². The van der Waals surface area contributed by atoms with E-state index in [4.69, 9.17) is 21.1 Å². The van der Waals surface area contributed by atoms with Crippen LogP contribution in [-0.4, -0.2) is 31.2 Å². The first-order valence-electron chi connectivity index (χ1n) is 8.63. The standard InChI is InChI=1S/C19H22ClNO4/c20-13-7-9-14(10-8-13)21-18(22)16-5-1-2-6-17(16)19(23)25-12-15-4-3-11-24-15/h1-2,7-10,15-17H,3-6,11-12H2,(H,21,22)/t15-,16-,17+/m0/s1. The molecule has 1 N–H and O–H groups in total. The molecule has 1 fully saturated rings. The number of carbonyl (C=O) groups is 2. The quantitative estimate of drug-likeness (QED) is 0.641. The van der Waals surface area contributed by atoms with Gasteiger partial charge in [0.25, 0.3) is 0 Å². The average Bonchev–Trinajstić information content (AvgIpc) is 3.15. The number of hydrogen-bond acceptors (Lipinski definition) is 4. The zero-order chi connectivity index (χ0) is 17.6. The first kappa shape index (κ1) is 18.0. The highest BCUT2D eigenvalue weighted by atomic mass is 35.5. The maximum atomic E-state index is 12.6. The lowest BCUT2D eigenvalue weighted by Gasteiger charge is -2.26. The highest BCUT2D eigenvalue weighted by molar-refractivity contribution is 6.30. The fraction of sp³-hybridized carbons (Fsp3) is 0.474. The summed E-state index contributed by atoms with van der Waals surface area (Å²) >= 11 is 5.86. The molecule has 0 aromatic heterocycles. The fourth-order valence-electron chi connectivity index (χ4n) is 3.19. The summed E-state index contributed by atoms with van der Waals surface area (Å²) in [6.07, 6.45) is 6.82. The Labute approximate surface area is 152 Å². The molecule has 0 radical (unpaired) electrons. The van der Waals surface area contributed by atoms with Crippen molar-refractivity contribution in [3.63, 3.8) is 0 Å². The van der Waals surface area contributed by atoms with E-state index in [0.717, 1.165) is 19.4 Å². The summed E-state index contributed by atoms with van der Waals surface area (Å²) in [5.74, 6) is -1.39. The molecule has 1 aliphatic heterocycles. The number of nitrogens with one attached hydrogen (secondary N) is 1. The molecule has 6 heteroatoms. The number of allylic oxidation sites excluding steroid dienone is 2. The van der Waals surface area contributed by atoms with Gasteiger partial charge in [-0.2, -0.15) is 0 Å². The van der Waals surface area contributed by atoms with E-state index >= 15 is 0 Å². The molecule has 1 heterocycles. The Bertz CT molecular complexity index is 637. The van der Waals surface area contributed by atoms with Crippen molar-refractivity contribution < 1.29 is 19.1 Å². The van der Waals surface area contributed by atoms with Crippen LogP contribution in [0.5, 0.6) is 0 Å². The Morgan fingerprint density at radius 2 is 1.88 bits per heavy atom. The molecule has 5 nitrogen and oxygen atoms in total. The second-order valence-electron chi connectivity index (χ2n) is 6.42. The van der Waals surface area contributed by atoms with Crippen molar-refractivity contribution in [2.45, 2.75) is 31.8 Å². The summed E-state index contributed by atoms with van der Waals surface area (Å²) in [6, 6.07) is 6.91. The van der Waals surface area contributed by atoms with Gasteiger partial charge in [-0.25, -0.2) is 0 Å². The number of amides is 1. The third-order valence-corrected chi connectivity index (χ3v) is 4.87. The zero-order valence-corrected chi connectivity index (χ0v) is 14.7. The van der Waals surface area contributed by atoms with E-state index in [1.807, 2.05) is 12.2 Å². The van der Waals surface area contributed by atoms with E-state index in [-0.39, 0.29) is 24.6 Å². The van der Waals surface area contributed by atoms with Crippen LogP contribution in [0.25, 0.3) is 0 Å². The predicted molar refractivity (Wildman–Crippen MR) is 95.4 cm³/mol. The summed E-state index contributed by atoms with van der Waals surface area (Å²) < 4.78 is 10.9. The van der Waals surface area contributed by atoms with E-state index in [1.165, 1.54) is 0 Å². The van der Waals surface area contributed by atoms with Crippen molar-refractivity contribution in [1.29, 1.82) is 0 Å². The van der Waals surface area contributed by atoms with Gasteiger partial charge in [0.05, 0.1) is 17.9 Å². The van der Waals surface area contributed by atoms with Crippen molar-refractivity contribution in [3.8, 4) is 0 Å². The largest absolute Gasteiger partial charge is 0.463 e. The minimum absolute atomic E-state index is 0.00979. The number of rotatable bonds is 5. The van der Waals surface area contributed by atoms with E-state index < -0.39 is 11.8 Å². The molecule has 1 aromatic carbocycles. The predicted octanol–water partition coefficient (Wildman–Crippen LogP) is 3.58. The fourth-order valence-corrected chi connectivity index (χ4v) is 3.32. The third kappa shape index (κ3) is 4.83. The lowest BCUT2D eigenvalue weighted by atomic mass is 9.82. The Kier molecular flexibility index (Phi) is 6.10. The number of carbonyl (C=O) groups excluding carboxylic acids is 2. The number of ether oxygens (including phenoxy) is 2. The van der Waals surface area contributed by atoms with Gasteiger partial charge in [-0.05, 0) is 49.9 Å². The molecule has 0 bridgehead atoms. The van der Waals surface area contributed by atoms with Gasteiger partial charge in [0.1, 0.15) is 6.61 Å². The Balaban J connectivity index is 1.59.